The van der Waals surface area contributed by atoms with Crippen LogP contribution in [0.5, 0.6) is 5.75 Å². The van der Waals surface area contributed by atoms with Gasteiger partial charge < -0.3 is 15.4 Å². The summed E-state index contributed by atoms with van der Waals surface area (Å²) in [5, 5.41) is 5.72. The minimum atomic E-state index is -0.242. The molecule has 0 saturated carbocycles. The number of ether oxygens (including phenoxy) is 1. The number of nitrogens with one attached hydrogen (secondary N) is 2. The lowest BCUT2D eigenvalue weighted by atomic mass is 10.1. The van der Waals surface area contributed by atoms with Gasteiger partial charge in [0.2, 0.25) is 0 Å². The van der Waals surface area contributed by atoms with Gasteiger partial charge in [-0.3, -0.25) is 9.59 Å². The standard InChI is InChI=1S/C26H28N2O3/c1-3-4-5-16-31-24-14-12-20(13-15-24)25(29)28-23-11-7-9-21(18-23)26(30)27-22-10-6-8-19(2)17-22/h6-15,17-18H,3-5,16H2,1-2H3,(H,27,30)(H,28,29). The number of hydrogen-bond acceptors (Lipinski definition) is 3. The molecule has 0 fully saturated rings. The minimum Gasteiger partial charge on any atom is -0.494 e. The quantitative estimate of drug-likeness (QED) is 0.416. The molecule has 0 radical (unpaired) electrons. The molecule has 0 aromatic heterocycles. The molecule has 160 valence electrons. The highest BCUT2D eigenvalue weighted by Gasteiger charge is 2.10. The van der Waals surface area contributed by atoms with E-state index in [1.54, 1.807) is 48.5 Å². The molecule has 5 heteroatoms. The van der Waals surface area contributed by atoms with E-state index >= 15 is 0 Å². The zero-order valence-corrected chi connectivity index (χ0v) is 18.0. The molecule has 3 rings (SSSR count). The van der Waals surface area contributed by atoms with E-state index in [1.807, 2.05) is 31.2 Å². The number of carbonyl (C=O) groups excluding carboxylic acids is 2. The molecule has 31 heavy (non-hydrogen) atoms. The Morgan fingerprint density at radius 1 is 0.774 bits per heavy atom. The molecule has 0 aliphatic rings. The Morgan fingerprint density at radius 3 is 2.10 bits per heavy atom. The van der Waals surface area contributed by atoms with Crippen LogP contribution in [0.4, 0.5) is 11.4 Å². The molecule has 0 spiro atoms. The minimum absolute atomic E-state index is 0.230. The fraction of sp³-hybridized carbons (Fsp3) is 0.231. The Hall–Kier alpha value is -3.60. The van der Waals surface area contributed by atoms with E-state index in [-0.39, 0.29) is 11.8 Å². The van der Waals surface area contributed by atoms with Crippen molar-refractivity contribution in [2.75, 3.05) is 17.2 Å². The summed E-state index contributed by atoms with van der Waals surface area (Å²) in [5.74, 6) is 0.280. The summed E-state index contributed by atoms with van der Waals surface area (Å²) in [5.41, 5.74) is 3.35. The normalized spacial score (nSPS) is 10.4. The van der Waals surface area contributed by atoms with Crippen molar-refractivity contribution in [3.8, 4) is 5.75 Å². The Morgan fingerprint density at radius 2 is 1.42 bits per heavy atom. The lowest BCUT2D eigenvalue weighted by molar-refractivity contribution is 0.101. The lowest BCUT2D eigenvalue weighted by Crippen LogP contribution is -2.14. The zero-order valence-electron chi connectivity index (χ0n) is 18.0. The fourth-order valence-electron chi connectivity index (χ4n) is 3.11. The molecule has 3 aromatic rings. The Balaban J connectivity index is 1.59. The summed E-state index contributed by atoms with van der Waals surface area (Å²) >= 11 is 0. The second-order valence-corrected chi connectivity index (χ2v) is 7.44. The van der Waals surface area contributed by atoms with Gasteiger partial charge in [0.25, 0.3) is 11.8 Å². The van der Waals surface area contributed by atoms with E-state index in [1.165, 1.54) is 0 Å². The van der Waals surface area contributed by atoms with Gasteiger partial charge in [-0.05, 0) is 73.5 Å². The molecule has 2 amide bonds. The van der Waals surface area contributed by atoms with Crippen molar-refractivity contribution < 1.29 is 14.3 Å². The van der Waals surface area contributed by atoms with E-state index in [2.05, 4.69) is 17.6 Å². The van der Waals surface area contributed by atoms with Gasteiger partial charge in [0.15, 0.2) is 0 Å². The third-order valence-electron chi connectivity index (χ3n) is 4.79. The van der Waals surface area contributed by atoms with Gasteiger partial charge in [-0.15, -0.1) is 0 Å². The molecule has 0 bridgehead atoms. The van der Waals surface area contributed by atoms with Gasteiger partial charge in [0.05, 0.1) is 6.61 Å². The van der Waals surface area contributed by atoms with Crippen LogP contribution in [0.15, 0.2) is 72.8 Å². The van der Waals surface area contributed by atoms with Gasteiger partial charge in [0, 0.05) is 22.5 Å². The maximum atomic E-state index is 12.6. The smallest absolute Gasteiger partial charge is 0.255 e. The van der Waals surface area contributed by atoms with E-state index in [0.29, 0.717) is 23.4 Å². The number of benzene rings is 3. The average molecular weight is 417 g/mol. The first-order chi connectivity index (χ1) is 15.0. The van der Waals surface area contributed by atoms with Gasteiger partial charge >= 0.3 is 0 Å². The fourth-order valence-corrected chi connectivity index (χ4v) is 3.11. The van der Waals surface area contributed by atoms with Crippen LogP contribution in [0.25, 0.3) is 0 Å². The molecule has 0 aliphatic heterocycles. The van der Waals surface area contributed by atoms with E-state index in [0.717, 1.165) is 36.3 Å². The van der Waals surface area contributed by atoms with Crippen LogP contribution in [0.3, 0.4) is 0 Å². The third-order valence-corrected chi connectivity index (χ3v) is 4.79. The molecule has 0 aliphatic carbocycles. The Bertz CT molecular complexity index is 1030. The molecule has 0 heterocycles. The van der Waals surface area contributed by atoms with Crippen molar-refractivity contribution in [1.29, 1.82) is 0 Å². The second-order valence-electron chi connectivity index (χ2n) is 7.44. The van der Waals surface area contributed by atoms with Crippen LogP contribution in [0.1, 0.15) is 52.5 Å². The number of rotatable bonds is 9. The Kier molecular flexibility index (Phi) is 7.82. The molecule has 3 aromatic carbocycles. The summed E-state index contributed by atoms with van der Waals surface area (Å²) in [6.07, 6.45) is 3.31. The van der Waals surface area contributed by atoms with Crippen molar-refractivity contribution in [2.24, 2.45) is 0 Å². The molecule has 0 atom stereocenters. The molecule has 0 unspecified atom stereocenters. The van der Waals surface area contributed by atoms with Crippen molar-refractivity contribution >= 4 is 23.2 Å². The third kappa shape index (κ3) is 6.71. The largest absolute Gasteiger partial charge is 0.494 e. The lowest BCUT2D eigenvalue weighted by Gasteiger charge is -2.10. The predicted octanol–water partition coefficient (Wildman–Crippen LogP) is 6.07. The highest BCUT2D eigenvalue weighted by atomic mass is 16.5. The second kappa shape index (κ2) is 11.0. The van der Waals surface area contributed by atoms with Gasteiger partial charge in [0.1, 0.15) is 5.75 Å². The first-order valence-corrected chi connectivity index (χ1v) is 10.6. The number of carbonyl (C=O) groups is 2. The highest BCUT2D eigenvalue weighted by molar-refractivity contribution is 6.07. The summed E-state index contributed by atoms with van der Waals surface area (Å²) in [7, 11) is 0. The molecule has 0 saturated heterocycles. The summed E-state index contributed by atoms with van der Waals surface area (Å²) in [6.45, 7) is 4.80. The number of anilines is 2. The topological polar surface area (TPSA) is 67.4 Å². The van der Waals surface area contributed by atoms with Crippen LogP contribution in [0.2, 0.25) is 0 Å². The average Bonchev–Trinajstić information content (AvgIpc) is 2.77. The number of amides is 2. The van der Waals surface area contributed by atoms with Gasteiger partial charge in [-0.1, -0.05) is 38.0 Å². The van der Waals surface area contributed by atoms with Crippen LogP contribution >= 0.6 is 0 Å². The van der Waals surface area contributed by atoms with E-state index in [4.69, 9.17) is 4.74 Å². The molecular formula is C26H28N2O3. The summed E-state index contributed by atoms with van der Waals surface area (Å²) < 4.78 is 5.68. The Labute approximate surface area is 183 Å². The van der Waals surface area contributed by atoms with Crippen molar-refractivity contribution in [3.63, 3.8) is 0 Å². The summed E-state index contributed by atoms with van der Waals surface area (Å²) in [6, 6.07) is 21.5. The SMILES string of the molecule is CCCCCOc1ccc(C(=O)Nc2cccc(C(=O)Nc3cccc(C)c3)c2)cc1. The summed E-state index contributed by atoms with van der Waals surface area (Å²) in [4.78, 5) is 25.1. The maximum absolute atomic E-state index is 12.6. The molecule has 2 N–H and O–H groups in total. The van der Waals surface area contributed by atoms with Crippen LogP contribution < -0.4 is 15.4 Å². The van der Waals surface area contributed by atoms with Gasteiger partial charge in [-0.2, -0.15) is 0 Å². The first kappa shape index (κ1) is 22.1. The predicted molar refractivity (Wildman–Crippen MR) is 125 cm³/mol. The first-order valence-electron chi connectivity index (χ1n) is 10.6. The van der Waals surface area contributed by atoms with Crippen LogP contribution in [-0.2, 0) is 0 Å². The van der Waals surface area contributed by atoms with Crippen molar-refractivity contribution in [1.82, 2.24) is 0 Å². The van der Waals surface area contributed by atoms with Crippen molar-refractivity contribution in [2.45, 2.75) is 33.1 Å². The maximum Gasteiger partial charge on any atom is 0.255 e. The monoisotopic (exact) mass is 416 g/mol. The van der Waals surface area contributed by atoms with Crippen LogP contribution in [0, 0.1) is 6.92 Å². The van der Waals surface area contributed by atoms with Crippen LogP contribution in [-0.4, -0.2) is 18.4 Å². The van der Waals surface area contributed by atoms with Gasteiger partial charge in [-0.25, -0.2) is 0 Å². The molecule has 5 nitrogen and oxygen atoms in total. The highest BCUT2D eigenvalue weighted by Crippen LogP contribution is 2.17. The number of aryl methyl sites for hydroxylation is 1. The van der Waals surface area contributed by atoms with E-state index in [9.17, 15) is 9.59 Å². The van der Waals surface area contributed by atoms with E-state index < -0.39 is 0 Å². The zero-order chi connectivity index (χ0) is 22.1. The number of unbranched alkanes of at least 4 members (excludes halogenated alkanes) is 2. The number of hydrogen-bond donors (Lipinski definition) is 2. The van der Waals surface area contributed by atoms with Crippen molar-refractivity contribution in [3.05, 3.63) is 89.5 Å². The molecular weight excluding hydrogens is 388 g/mol.